The van der Waals surface area contributed by atoms with Gasteiger partial charge in [0.15, 0.2) is 0 Å². The average molecular weight is 215 g/mol. The van der Waals surface area contributed by atoms with Crippen molar-refractivity contribution in [3.63, 3.8) is 0 Å². The van der Waals surface area contributed by atoms with Crippen LogP contribution in [0.25, 0.3) is 0 Å². The maximum atomic E-state index is 10.7. The molecule has 1 aromatic carbocycles. The minimum Gasteiger partial charge on any atom is -0.330 e. The van der Waals surface area contributed by atoms with Crippen LogP contribution >= 0.6 is 11.6 Å². The van der Waals surface area contributed by atoms with E-state index >= 15 is 0 Å². The summed E-state index contributed by atoms with van der Waals surface area (Å²) in [6.45, 7) is 0.528. The molecule has 0 atom stereocenters. The standard InChI is InChI=1S/C9H11ClN2O2/c10-8-4-3-7(2-1-5-11)9(6-8)12(13)14/h3-4,6H,1-2,5,11H2. The van der Waals surface area contributed by atoms with Crippen LogP contribution in [0.4, 0.5) is 5.69 Å². The predicted octanol–water partition coefficient (Wildman–Crippen LogP) is 2.14. The van der Waals surface area contributed by atoms with E-state index in [1.165, 1.54) is 6.07 Å². The van der Waals surface area contributed by atoms with Gasteiger partial charge in [0, 0.05) is 16.7 Å². The van der Waals surface area contributed by atoms with Gasteiger partial charge in [-0.05, 0) is 25.5 Å². The van der Waals surface area contributed by atoms with E-state index in [9.17, 15) is 10.1 Å². The molecule has 0 amide bonds. The minimum atomic E-state index is -0.419. The molecule has 0 aliphatic heterocycles. The zero-order valence-corrected chi connectivity index (χ0v) is 8.33. The molecule has 5 heteroatoms. The van der Waals surface area contributed by atoms with E-state index in [4.69, 9.17) is 17.3 Å². The third-order valence-corrected chi connectivity index (χ3v) is 2.13. The van der Waals surface area contributed by atoms with Crippen molar-refractivity contribution in [2.45, 2.75) is 12.8 Å². The lowest BCUT2D eigenvalue weighted by atomic mass is 10.1. The smallest absolute Gasteiger partial charge is 0.274 e. The molecule has 0 aliphatic rings. The number of aryl methyl sites for hydroxylation is 1. The molecule has 0 aliphatic carbocycles. The Bertz CT molecular complexity index is 342. The normalized spacial score (nSPS) is 10.1. The second kappa shape index (κ2) is 4.93. The van der Waals surface area contributed by atoms with Crippen LogP contribution in [0.3, 0.4) is 0 Å². The van der Waals surface area contributed by atoms with Crippen molar-refractivity contribution in [2.75, 3.05) is 6.54 Å². The molecular formula is C9H11ClN2O2. The average Bonchev–Trinajstić information content (AvgIpc) is 2.15. The highest BCUT2D eigenvalue weighted by Crippen LogP contribution is 2.23. The van der Waals surface area contributed by atoms with E-state index in [1.54, 1.807) is 12.1 Å². The highest BCUT2D eigenvalue weighted by molar-refractivity contribution is 6.30. The van der Waals surface area contributed by atoms with Gasteiger partial charge in [0.2, 0.25) is 0 Å². The summed E-state index contributed by atoms with van der Waals surface area (Å²) in [5.74, 6) is 0. The Labute approximate surface area is 86.8 Å². The second-order valence-corrected chi connectivity index (χ2v) is 3.36. The molecule has 76 valence electrons. The van der Waals surface area contributed by atoms with Gasteiger partial charge in [-0.15, -0.1) is 0 Å². The molecule has 14 heavy (non-hydrogen) atoms. The Kier molecular flexibility index (Phi) is 3.85. The van der Waals surface area contributed by atoms with E-state index in [0.717, 1.165) is 6.42 Å². The van der Waals surface area contributed by atoms with Gasteiger partial charge in [0.25, 0.3) is 5.69 Å². The number of halogens is 1. The van der Waals surface area contributed by atoms with Crippen molar-refractivity contribution >= 4 is 17.3 Å². The van der Waals surface area contributed by atoms with Crippen LogP contribution in [0.15, 0.2) is 18.2 Å². The summed E-state index contributed by atoms with van der Waals surface area (Å²) in [5.41, 5.74) is 6.10. The number of hydrogen-bond donors (Lipinski definition) is 1. The first kappa shape index (κ1) is 10.9. The van der Waals surface area contributed by atoms with Crippen LogP contribution in [-0.4, -0.2) is 11.5 Å². The maximum Gasteiger partial charge on any atom is 0.274 e. The van der Waals surface area contributed by atoms with E-state index in [0.29, 0.717) is 23.6 Å². The van der Waals surface area contributed by atoms with Crippen LogP contribution in [0.2, 0.25) is 5.02 Å². The van der Waals surface area contributed by atoms with Gasteiger partial charge < -0.3 is 5.73 Å². The molecule has 1 aromatic rings. The fraction of sp³-hybridized carbons (Fsp3) is 0.333. The lowest BCUT2D eigenvalue weighted by Crippen LogP contribution is -2.02. The van der Waals surface area contributed by atoms with Crippen molar-refractivity contribution in [3.05, 3.63) is 38.9 Å². The van der Waals surface area contributed by atoms with Crippen LogP contribution in [0.5, 0.6) is 0 Å². The predicted molar refractivity (Wildman–Crippen MR) is 55.5 cm³/mol. The van der Waals surface area contributed by atoms with Crippen LogP contribution in [0.1, 0.15) is 12.0 Å². The Hall–Kier alpha value is -1.13. The van der Waals surface area contributed by atoms with Gasteiger partial charge in [-0.1, -0.05) is 17.7 Å². The second-order valence-electron chi connectivity index (χ2n) is 2.92. The van der Waals surface area contributed by atoms with Gasteiger partial charge in [-0.2, -0.15) is 0 Å². The van der Waals surface area contributed by atoms with Crippen LogP contribution in [0, 0.1) is 10.1 Å². The lowest BCUT2D eigenvalue weighted by molar-refractivity contribution is -0.385. The first-order chi connectivity index (χ1) is 6.65. The first-order valence-electron chi connectivity index (χ1n) is 4.28. The Morgan fingerprint density at radius 3 is 2.79 bits per heavy atom. The number of nitrogens with two attached hydrogens (primary N) is 1. The molecule has 0 radical (unpaired) electrons. The zero-order valence-electron chi connectivity index (χ0n) is 7.57. The minimum absolute atomic E-state index is 0.0750. The highest BCUT2D eigenvalue weighted by Gasteiger charge is 2.13. The van der Waals surface area contributed by atoms with Gasteiger partial charge >= 0.3 is 0 Å². The third kappa shape index (κ3) is 2.68. The summed E-state index contributed by atoms with van der Waals surface area (Å²) in [6.07, 6.45) is 1.35. The fourth-order valence-corrected chi connectivity index (χ4v) is 1.38. The van der Waals surface area contributed by atoms with E-state index < -0.39 is 4.92 Å². The summed E-state index contributed by atoms with van der Waals surface area (Å²) in [6, 6.07) is 4.70. The summed E-state index contributed by atoms with van der Waals surface area (Å²) in [7, 11) is 0. The summed E-state index contributed by atoms with van der Waals surface area (Å²) in [5, 5.41) is 11.0. The molecule has 4 nitrogen and oxygen atoms in total. The van der Waals surface area contributed by atoms with E-state index in [1.807, 2.05) is 0 Å². The lowest BCUT2D eigenvalue weighted by Gasteiger charge is -2.01. The molecule has 0 spiro atoms. The van der Waals surface area contributed by atoms with Gasteiger partial charge in [0.1, 0.15) is 0 Å². The largest absolute Gasteiger partial charge is 0.330 e. The Morgan fingerprint density at radius 1 is 1.50 bits per heavy atom. The molecule has 0 aromatic heterocycles. The fourth-order valence-electron chi connectivity index (χ4n) is 1.21. The van der Waals surface area contributed by atoms with E-state index in [2.05, 4.69) is 0 Å². The molecule has 0 unspecified atom stereocenters. The van der Waals surface area contributed by atoms with Crippen molar-refractivity contribution < 1.29 is 4.92 Å². The quantitative estimate of drug-likeness (QED) is 0.617. The Morgan fingerprint density at radius 2 is 2.21 bits per heavy atom. The molecular weight excluding hydrogens is 204 g/mol. The molecule has 0 bridgehead atoms. The number of rotatable bonds is 4. The number of benzene rings is 1. The summed E-state index contributed by atoms with van der Waals surface area (Å²) in [4.78, 5) is 10.2. The maximum absolute atomic E-state index is 10.7. The Balaban J connectivity index is 2.96. The third-order valence-electron chi connectivity index (χ3n) is 1.89. The van der Waals surface area contributed by atoms with Crippen LogP contribution in [-0.2, 0) is 6.42 Å². The number of nitrogens with zero attached hydrogens (tertiary/aromatic N) is 1. The zero-order chi connectivity index (χ0) is 10.6. The van der Waals surface area contributed by atoms with Crippen molar-refractivity contribution in [1.29, 1.82) is 0 Å². The monoisotopic (exact) mass is 214 g/mol. The van der Waals surface area contributed by atoms with Crippen molar-refractivity contribution in [3.8, 4) is 0 Å². The number of nitro benzene ring substituents is 1. The van der Waals surface area contributed by atoms with Gasteiger partial charge in [-0.25, -0.2) is 0 Å². The van der Waals surface area contributed by atoms with Crippen molar-refractivity contribution in [1.82, 2.24) is 0 Å². The SMILES string of the molecule is NCCCc1ccc(Cl)cc1[N+](=O)[O-]. The summed E-state index contributed by atoms with van der Waals surface area (Å²) >= 11 is 5.67. The number of nitro groups is 1. The molecule has 0 saturated heterocycles. The highest BCUT2D eigenvalue weighted by atomic mass is 35.5. The van der Waals surface area contributed by atoms with Crippen LogP contribution < -0.4 is 5.73 Å². The molecule has 0 saturated carbocycles. The molecule has 2 N–H and O–H groups in total. The summed E-state index contributed by atoms with van der Waals surface area (Å²) < 4.78 is 0. The molecule has 1 rings (SSSR count). The van der Waals surface area contributed by atoms with Gasteiger partial charge in [0.05, 0.1) is 4.92 Å². The van der Waals surface area contributed by atoms with Crippen molar-refractivity contribution in [2.24, 2.45) is 5.73 Å². The molecule has 0 fully saturated rings. The van der Waals surface area contributed by atoms with Gasteiger partial charge in [-0.3, -0.25) is 10.1 Å². The topological polar surface area (TPSA) is 69.2 Å². The molecule has 0 heterocycles. The first-order valence-corrected chi connectivity index (χ1v) is 4.66. The number of hydrogen-bond acceptors (Lipinski definition) is 3. The van der Waals surface area contributed by atoms with E-state index in [-0.39, 0.29) is 5.69 Å².